The first-order chi connectivity index (χ1) is 12.5. The minimum Gasteiger partial charge on any atom is -0.481 e. The van der Waals surface area contributed by atoms with Crippen LogP contribution in [-0.2, 0) is 14.4 Å². The fraction of sp³-hybridized carbons (Fsp3) is 0.842. The molecule has 2 rings (SSSR count). The smallest absolute Gasteiger partial charge is 0.313 e. The predicted molar refractivity (Wildman–Crippen MR) is 103 cm³/mol. The van der Waals surface area contributed by atoms with Crippen molar-refractivity contribution in [3.63, 3.8) is 0 Å². The Bertz CT molecular complexity index is 472. The van der Waals surface area contributed by atoms with E-state index in [-0.39, 0.29) is 29.5 Å². The van der Waals surface area contributed by atoms with Crippen LogP contribution in [0.15, 0.2) is 0 Å². The van der Waals surface area contributed by atoms with Crippen LogP contribution in [0.3, 0.4) is 0 Å². The van der Waals surface area contributed by atoms with Crippen molar-refractivity contribution in [2.75, 3.05) is 18.1 Å². The molecule has 0 radical (unpaired) electrons. The highest BCUT2D eigenvalue weighted by molar-refractivity contribution is 7.99. The summed E-state index contributed by atoms with van der Waals surface area (Å²) in [4.78, 5) is 34.8. The Balaban J connectivity index is 1.56. The molecule has 2 saturated carbocycles. The molecule has 0 aromatic rings. The summed E-state index contributed by atoms with van der Waals surface area (Å²) in [5, 5.41) is 14.6. The van der Waals surface area contributed by atoms with Gasteiger partial charge in [0, 0.05) is 30.7 Å². The van der Waals surface area contributed by atoms with Crippen molar-refractivity contribution in [1.82, 2.24) is 10.6 Å². The highest BCUT2D eigenvalue weighted by atomic mass is 32.2. The number of nitrogens with one attached hydrogen (secondary N) is 2. The summed E-state index contributed by atoms with van der Waals surface area (Å²) < 4.78 is 0. The van der Waals surface area contributed by atoms with Crippen LogP contribution in [0, 0.1) is 11.8 Å². The van der Waals surface area contributed by atoms with Gasteiger partial charge in [0.2, 0.25) is 11.8 Å². The third-order valence-corrected chi connectivity index (χ3v) is 6.38. The Morgan fingerprint density at radius 1 is 0.962 bits per heavy atom. The van der Waals surface area contributed by atoms with E-state index in [1.165, 1.54) is 43.9 Å². The molecule has 2 fully saturated rings. The molecular formula is C19H32N2O4S. The number of carbonyl (C=O) groups is 3. The SMILES string of the molecule is O=C(O)CSCCNC(=O)C1CCC(NC(=O)CC2CCCCC2)CC1. The first-order valence-electron chi connectivity index (χ1n) is 9.91. The maximum Gasteiger partial charge on any atom is 0.313 e. The molecule has 7 heteroatoms. The van der Waals surface area contributed by atoms with Gasteiger partial charge in [-0.15, -0.1) is 11.8 Å². The minimum absolute atomic E-state index is 0.0194. The van der Waals surface area contributed by atoms with E-state index in [0.29, 0.717) is 24.6 Å². The van der Waals surface area contributed by atoms with Crippen LogP contribution in [0.5, 0.6) is 0 Å². The number of hydrogen-bond donors (Lipinski definition) is 3. The monoisotopic (exact) mass is 384 g/mol. The van der Waals surface area contributed by atoms with Crippen LogP contribution >= 0.6 is 11.8 Å². The molecule has 2 aliphatic rings. The van der Waals surface area contributed by atoms with Crippen molar-refractivity contribution in [1.29, 1.82) is 0 Å². The lowest BCUT2D eigenvalue weighted by Crippen LogP contribution is -2.41. The fourth-order valence-electron chi connectivity index (χ4n) is 3.99. The van der Waals surface area contributed by atoms with Gasteiger partial charge in [0.05, 0.1) is 5.75 Å². The Kier molecular flexibility index (Phi) is 9.29. The van der Waals surface area contributed by atoms with Gasteiger partial charge in [-0.2, -0.15) is 0 Å². The lowest BCUT2D eigenvalue weighted by atomic mass is 9.84. The van der Waals surface area contributed by atoms with Gasteiger partial charge >= 0.3 is 5.97 Å². The minimum atomic E-state index is -0.829. The van der Waals surface area contributed by atoms with Gasteiger partial charge in [-0.3, -0.25) is 14.4 Å². The van der Waals surface area contributed by atoms with Crippen molar-refractivity contribution >= 4 is 29.5 Å². The van der Waals surface area contributed by atoms with E-state index < -0.39 is 5.97 Å². The number of carbonyl (C=O) groups excluding carboxylic acids is 2. The lowest BCUT2D eigenvalue weighted by Gasteiger charge is -2.29. The highest BCUT2D eigenvalue weighted by Crippen LogP contribution is 2.27. The molecule has 0 unspecified atom stereocenters. The summed E-state index contributed by atoms with van der Waals surface area (Å²) in [7, 11) is 0. The molecule has 0 spiro atoms. The second kappa shape index (κ2) is 11.5. The normalized spacial score (nSPS) is 24.0. The number of hydrogen-bond acceptors (Lipinski definition) is 4. The van der Waals surface area contributed by atoms with Gasteiger partial charge in [0.1, 0.15) is 0 Å². The van der Waals surface area contributed by atoms with Gasteiger partial charge in [0.25, 0.3) is 0 Å². The number of carboxylic acid groups (broad SMARTS) is 1. The Hall–Kier alpha value is -1.24. The summed E-state index contributed by atoms with van der Waals surface area (Å²) >= 11 is 1.31. The number of rotatable bonds is 9. The second-order valence-electron chi connectivity index (χ2n) is 7.56. The molecule has 2 amide bonds. The van der Waals surface area contributed by atoms with E-state index >= 15 is 0 Å². The molecule has 0 saturated heterocycles. The molecule has 6 nitrogen and oxygen atoms in total. The zero-order valence-electron chi connectivity index (χ0n) is 15.5. The summed E-state index contributed by atoms with van der Waals surface area (Å²) in [6.45, 7) is 0.509. The summed E-state index contributed by atoms with van der Waals surface area (Å²) in [6.07, 6.45) is 10.2. The maximum absolute atomic E-state index is 12.2. The first-order valence-corrected chi connectivity index (χ1v) is 11.1. The standard InChI is InChI=1S/C19H32N2O4S/c22-17(12-14-4-2-1-3-5-14)21-16-8-6-15(7-9-16)19(25)20-10-11-26-13-18(23)24/h14-16H,1-13H2,(H,20,25)(H,21,22)(H,23,24). The predicted octanol–water partition coefficient (Wildman–Crippen LogP) is 2.57. The molecule has 0 bridgehead atoms. The third kappa shape index (κ3) is 7.98. The van der Waals surface area contributed by atoms with Crippen LogP contribution < -0.4 is 10.6 Å². The average Bonchev–Trinajstić information content (AvgIpc) is 2.62. The van der Waals surface area contributed by atoms with E-state index in [1.807, 2.05) is 0 Å². The van der Waals surface area contributed by atoms with Crippen LogP contribution in [-0.4, -0.2) is 47.0 Å². The van der Waals surface area contributed by atoms with Gasteiger partial charge in [-0.05, 0) is 44.4 Å². The molecule has 0 atom stereocenters. The summed E-state index contributed by atoms with van der Waals surface area (Å²) in [6, 6.07) is 0.210. The van der Waals surface area contributed by atoms with Crippen molar-refractivity contribution in [3.8, 4) is 0 Å². The number of amides is 2. The van der Waals surface area contributed by atoms with E-state index in [2.05, 4.69) is 10.6 Å². The number of carboxylic acids is 1. The van der Waals surface area contributed by atoms with Crippen LogP contribution in [0.4, 0.5) is 0 Å². The van der Waals surface area contributed by atoms with Gasteiger partial charge in [-0.25, -0.2) is 0 Å². The van der Waals surface area contributed by atoms with E-state index in [1.54, 1.807) is 0 Å². The summed E-state index contributed by atoms with van der Waals surface area (Å²) in [5.41, 5.74) is 0. The van der Waals surface area contributed by atoms with E-state index in [9.17, 15) is 14.4 Å². The Labute approximate surface area is 160 Å². The number of thioether (sulfide) groups is 1. The van der Waals surface area contributed by atoms with E-state index in [0.717, 1.165) is 25.7 Å². The molecular weight excluding hydrogens is 352 g/mol. The van der Waals surface area contributed by atoms with Crippen molar-refractivity contribution in [2.45, 2.75) is 70.3 Å². The Morgan fingerprint density at radius 2 is 1.65 bits per heavy atom. The van der Waals surface area contributed by atoms with Crippen molar-refractivity contribution in [2.24, 2.45) is 11.8 Å². The first kappa shape index (κ1) is 21.1. The molecule has 0 aliphatic heterocycles. The second-order valence-corrected chi connectivity index (χ2v) is 8.67. The van der Waals surface area contributed by atoms with Crippen molar-refractivity contribution in [3.05, 3.63) is 0 Å². The van der Waals surface area contributed by atoms with Gasteiger partial charge < -0.3 is 15.7 Å². The van der Waals surface area contributed by atoms with Crippen molar-refractivity contribution < 1.29 is 19.5 Å². The zero-order valence-corrected chi connectivity index (χ0v) is 16.3. The summed E-state index contributed by atoms with van der Waals surface area (Å²) in [5.74, 6) is 0.681. The third-order valence-electron chi connectivity index (χ3n) is 5.43. The Morgan fingerprint density at radius 3 is 2.31 bits per heavy atom. The molecule has 3 N–H and O–H groups in total. The van der Waals surface area contributed by atoms with E-state index in [4.69, 9.17) is 5.11 Å². The largest absolute Gasteiger partial charge is 0.481 e. The average molecular weight is 385 g/mol. The topological polar surface area (TPSA) is 95.5 Å². The highest BCUT2D eigenvalue weighted by Gasteiger charge is 2.27. The molecule has 0 aromatic heterocycles. The van der Waals surface area contributed by atoms with Crippen LogP contribution in [0.2, 0.25) is 0 Å². The quantitative estimate of drug-likeness (QED) is 0.531. The lowest BCUT2D eigenvalue weighted by molar-refractivity contribution is -0.134. The molecule has 0 heterocycles. The molecule has 148 valence electrons. The fourth-order valence-corrected chi connectivity index (χ4v) is 4.56. The van der Waals surface area contributed by atoms with Gasteiger partial charge in [-0.1, -0.05) is 19.3 Å². The van der Waals surface area contributed by atoms with Crippen LogP contribution in [0.25, 0.3) is 0 Å². The van der Waals surface area contributed by atoms with Gasteiger partial charge in [0.15, 0.2) is 0 Å². The molecule has 26 heavy (non-hydrogen) atoms. The molecule has 2 aliphatic carbocycles. The zero-order chi connectivity index (χ0) is 18.8. The van der Waals surface area contributed by atoms with Crippen LogP contribution in [0.1, 0.15) is 64.2 Å². The maximum atomic E-state index is 12.2. The molecule has 0 aromatic carbocycles. The number of aliphatic carboxylic acids is 1.